The summed E-state index contributed by atoms with van der Waals surface area (Å²) in [6.07, 6.45) is 3.32. The van der Waals surface area contributed by atoms with Crippen molar-refractivity contribution in [3.8, 4) is 0 Å². The van der Waals surface area contributed by atoms with E-state index in [2.05, 4.69) is 5.32 Å². The van der Waals surface area contributed by atoms with Crippen molar-refractivity contribution in [3.05, 3.63) is 60.1 Å². The molecule has 122 valence electrons. The molecule has 1 heterocycles. The van der Waals surface area contributed by atoms with E-state index < -0.39 is 6.04 Å². The highest BCUT2D eigenvalue weighted by molar-refractivity contribution is 5.92. The average molecular weight is 315 g/mol. The third-order valence-corrected chi connectivity index (χ3v) is 3.38. The lowest BCUT2D eigenvalue weighted by atomic mass is 10.0. The van der Waals surface area contributed by atoms with Crippen LogP contribution in [0.1, 0.15) is 48.3 Å². The number of furan rings is 1. The number of esters is 1. The second-order valence-electron chi connectivity index (χ2n) is 5.19. The van der Waals surface area contributed by atoms with E-state index in [1.54, 1.807) is 12.1 Å². The molecule has 0 fully saturated rings. The zero-order chi connectivity index (χ0) is 16.5. The van der Waals surface area contributed by atoms with Crippen molar-refractivity contribution in [3.63, 3.8) is 0 Å². The highest BCUT2D eigenvalue weighted by Crippen LogP contribution is 2.18. The van der Waals surface area contributed by atoms with Gasteiger partial charge in [-0.1, -0.05) is 43.7 Å². The van der Waals surface area contributed by atoms with Crippen molar-refractivity contribution in [1.82, 2.24) is 5.32 Å². The van der Waals surface area contributed by atoms with Gasteiger partial charge in [0.05, 0.1) is 25.3 Å². The molecule has 0 radical (unpaired) electrons. The molecule has 1 aromatic carbocycles. The molecule has 1 aromatic heterocycles. The van der Waals surface area contributed by atoms with Crippen LogP contribution in [0.25, 0.3) is 0 Å². The number of ether oxygens (including phenoxy) is 1. The summed E-state index contributed by atoms with van der Waals surface area (Å²) in [5, 5.41) is 2.82. The monoisotopic (exact) mass is 315 g/mol. The maximum atomic E-state index is 12.2. The summed E-state index contributed by atoms with van der Waals surface area (Å²) < 4.78 is 10.3. The maximum Gasteiger partial charge on any atom is 0.308 e. The summed E-state index contributed by atoms with van der Waals surface area (Å²) in [6, 6.07) is 12.1. The Balaban J connectivity index is 2.03. The van der Waals surface area contributed by atoms with E-state index >= 15 is 0 Å². The molecule has 0 spiro atoms. The second-order valence-corrected chi connectivity index (χ2v) is 5.19. The molecule has 0 aliphatic rings. The van der Waals surface area contributed by atoms with Crippen molar-refractivity contribution >= 4 is 11.9 Å². The Morgan fingerprint density at radius 1 is 1.17 bits per heavy atom. The molecule has 1 amide bonds. The summed E-state index contributed by atoms with van der Waals surface area (Å²) >= 11 is 0. The molecular formula is C18H21NO4. The predicted molar refractivity (Wildman–Crippen MR) is 85.8 cm³/mol. The Morgan fingerprint density at radius 2 is 1.96 bits per heavy atom. The fourth-order valence-corrected chi connectivity index (χ4v) is 2.13. The minimum Gasteiger partial charge on any atom is -0.466 e. The van der Waals surface area contributed by atoms with Crippen LogP contribution in [0.2, 0.25) is 0 Å². The lowest BCUT2D eigenvalue weighted by Gasteiger charge is -2.18. The summed E-state index contributed by atoms with van der Waals surface area (Å²) in [5.74, 6) is -0.470. The Kier molecular flexibility index (Phi) is 6.41. The number of amides is 1. The van der Waals surface area contributed by atoms with Crippen molar-refractivity contribution in [1.29, 1.82) is 0 Å². The van der Waals surface area contributed by atoms with Crippen LogP contribution in [0, 0.1) is 0 Å². The van der Waals surface area contributed by atoms with Crippen molar-refractivity contribution < 1.29 is 18.7 Å². The van der Waals surface area contributed by atoms with Gasteiger partial charge in [-0.15, -0.1) is 0 Å². The van der Waals surface area contributed by atoms with E-state index in [1.165, 1.54) is 6.26 Å². The molecule has 5 nitrogen and oxygen atoms in total. The molecule has 0 unspecified atom stereocenters. The summed E-state index contributed by atoms with van der Waals surface area (Å²) in [7, 11) is 0. The van der Waals surface area contributed by atoms with Crippen molar-refractivity contribution in [2.24, 2.45) is 0 Å². The SMILES string of the molecule is CCCCOC(=O)C[C@@H](NC(=O)c1ccco1)c1ccccc1. The van der Waals surface area contributed by atoms with E-state index in [0.29, 0.717) is 6.61 Å². The van der Waals surface area contributed by atoms with Gasteiger partial charge < -0.3 is 14.5 Å². The highest BCUT2D eigenvalue weighted by atomic mass is 16.5. The normalized spacial score (nSPS) is 11.7. The molecule has 5 heteroatoms. The Bertz CT molecular complexity index is 607. The minimum absolute atomic E-state index is 0.0835. The van der Waals surface area contributed by atoms with Crippen LogP contribution in [0.5, 0.6) is 0 Å². The summed E-state index contributed by atoms with van der Waals surface area (Å²) in [5.41, 5.74) is 0.847. The summed E-state index contributed by atoms with van der Waals surface area (Å²) in [4.78, 5) is 24.1. The molecule has 2 aromatic rings. The number of carbonyl (C=O) groups excluding carboxylic acids is 2. The lowest BCUT2D eigenvalue weighted by Crippen LogP contribution is -2.30. The van der Waals surface area contributed by atoms with Crippen LogP contribution in [0.15, 0.2) is 53.1 Å². The first-order valence-corrected chi connectivity index (χ1v) is 7.75. The van der Waals surface area contributed by atoms with Crippen LogP contribution < -0.4 is 5.32 Å². The molecule has 0 aliphatic heterocycles. The quantitative estimate of drug-likeness (QED) is 0.598. The number of carbonyl (C=O) groups is 2. The second kappa shape index (κ2) is 8.78. The van der Waals surface area contributed by atoms with Crippen molar-refractivity contribution in [2.45, 2.75) is 32.2 Å². The van der Waals surface area contributed by atoms with Gasteiger partial charge >= 0.3 is 5.97 Å². The average Bonchev–Trinajstić information content (AvgIpc) is 3.10. The number of nitrogens with one attached hydrogen (secondary N) is 1. The molecule has 1 N–H and O–H groups in total. The Hall–Kier alpha value is -2.56. The number of benzene rings is 1. The molecule has 23 heavy (non-hydrogen) atoms. The van der Waals surface area contributed by atoms with Crippen LogP contribution in [0.4, 0.5) is 0 Å². The molecule has 0 aliphatic carbocycles. The third kappa shape index (κ3) is 5.29. The molecular weight excluding hydrogens is 294 g/mol. The standard InChI is InChI=1S/C18H21NO4/c1-2-3-11-23-17(20)13-15(14-8-5-4-6-9-14)19-18(21)16-10-7-12-22-16/h4-10,12,15H,2-3,11,13H2,1H3,(H,19,21)/t15-/m1/s1. The molecule has 2 rings (SSSR count). The van der Waals surface area contributed by atoms with Gasteiger partial charge in [-0.25, -0.2) is 0 Å². The van der Waals surface area contributed by atoms with E-state index in [0.717, 1.165) is 18.4 Å². The van der Waals surface area contributed by atoms with E-state index in [9.17, 15) is 9.59 Å². The van der Waals surface area contributed by atoms with Gasteiger partial charge in [0.25, 0.3) is 5.91 Å². The fourth-order valence-electron chi connectivity index (χ4n) is 2.13. The van der Waals surface area contributed by atoms with E-state index in [4.69, 9.17) is 9.15 Å². The fraction of sp³-hybridized carbons (Fsp3) is 0.333. The predicted octanol–water partition coefficient (Wildman–Crippen LogP) is 3.48. The third-order valence-electron chi connectivity index (χ3n) is 3.38. The molecule has 1 atom stereocenters. The van der Waals surface area contributed by atoms with Crippen LogP contribution in [-0.2, 0) is 9.53 Å². The molecule has 0 saturated heterocycles. The molecule has 0 bridgehead atoms. The largest absolute Gasteiger partial charge is 0.466 e. The van der Waals surface area contributed by atoms with Gasteiger partial charge in [-0.2, -0.15) is 0 Å². The minimum atomic E-state index is -0.456. The number of rotatable bonds is 8. The first-order valence-electron chi connectivity index (χ1n) is 7.75. The van der Waals surface area contributed by atoms with Gasteiger partial charge in [0.15, 0.2) is 5.76 Å². The van der Waals surface area contributed by atoms with Gasteiger partial charge in [-0.05, 0) is 24.1 Å². The Labute approximate surface area is 135 Å². The number of hydrogen-bond donors (Lipinski definition) is 1. The first-order chi connectivity index (χ1) is 11.2. The van der Waals surface area contributed by atoms with E-state index in [1.807, 2.05) is 37.3 Å². The summed E-state index contributed by atoms with van der Waals surface area (Å²) in [6.45, 7) is 2.44. The van der Waals surface area contributed by atoms with Gasteiger partial charge in [-0.3, -0.25) is 9.59 Å². The number of hydrogen-bond acceptors (Lipinski definition) is 4. The van der Waals surface area contributed by atoms with Crippen LogP contribution in [-0.4, -0.2) is 18.5 Å². The van der Waals surface area contributed by atoms with E-state index in [-0.39, 0.29) is 24.1 Å². The molecule has 0 saturated carbocycles. The first kappa shape index (κ1) is 16.8. The highest BCUT2D eigenvalue weighted by Gasteiger charge is 2.21. The zero-order valence-electron chi connectivity index (χ0n) is 13.2. The van der Waals surface area contributed by atoms with Gasteiger partial charge in [0.1, 0.15) is 0 Å². The maximum absolute atomic E-state index is 12.2. The van der Waals surface area contributed by atoms with Gasteiger partial charge in [0, 0.05) is 0 Å². The Morgan fingerprint density at radius 3 is 2.61 bits per heavy atom. The topological polar surface area (TPSA) is 68.5 Å². The lowest BCUT2D eigenvalue weighted by molar-refractivity contribution is -0.144. The van der Waals surface area contributed by atoms with Crippen LogP contribution in [0.3, 0.4) is 0 Å². The smallest absolute Gasteiger partial charge is 0.308 e. The number of unbranched alkanes of at least 4 members (excludes halogenated alkanes) is 1. The van der Waals surface area contributed by atoms with Gasteiger partial charge in [0.2, 0.25) is 0 Å². The van der Waals surface area contributed by atoms with Crippen molar-refractivity contribution in [2.75, 3.05) is 6.61 Å². The zero-order valence-corrected chi connectivity index (χ0v) is 13.2. The van der Waals surface area contributed by atoms with Crippen LogP contribution >= 0.6 is 0 Å².